The van der Waals surface area contributed by atoms with E-state index in [1.165, 1.54) is 21.8 Å². The summed E-state index contributed by atoms with van der Waals surface area (Å²) in [5.74, 6) is 1.08. The van der Waals surface area contributed by atoms with E-state index in [2.05, 4.69) is 28.9 Å². The second kappa shape index (κ2) is 6.16. The average molecular weight is 324 g/mol. The molecule has 20 heavy (non-hydrogen) atoms. The minimum atomic E-state index is 0.601. The number of hydrogen-bond donors (Lipinski definition) is 0. The van der Waals surface area contributed by atoms with E-state index in [9.17, 15) is 0 Å². The molecule has 0 amide bonds. The average Bonchev–Trinajstić information content (AvgIpc) is 3.03. The number of amidine groups is 1. The Kier molecular flexibility index (Phi) is 4.29. The number of para-hydroxylation sites is 1. The van der Waals surface area contributed by atoms with Crippen molar-refractivity contribution in [3.8, 4) is 0 Å². The molecule has 0 aliphatic carbocycles. The Bertz CT molecular complexity index is 639. The SMILES string of the molecule is Cc1ccccc1N=C1SCCN1Cc1cnc(Cl)s1. The largest absolute Gasteiger partial charge is 0.345 e. The Morgan fingerprint density at radius 2 is 2.25 bits per heavy atom. The Labute approximate surface area is 131 Å². The lowest BCUT2D eigenvalue weighted by Gasteiger charge is -2.16. The first-order chi connectivity index (χ1) is 9.72. The van der Waals surface area contributed by atoms with E-state index in [1.54, 1.807) is 0 Å². The molecule has 3 rings (SSSR count). The molecule has 0 spiro atoms. The molecular weight excluding hydrogens is 310 g/mol. The summed E-state index contributed by atoms with van der Waals surface area (Å²) >= 11 is 9.23. The molecule has 2 heterocycles. The van der Waals surface area contributed by atoms with Crippen molar-refractivity contribution in [3.05, 3.63) is 45.4 Å². The number of hydrogen-bond acceptors (Lipinski definition) is 4. The molecule has 1 aliphatic rings. The predicted molar refractivity (Wildman–Crippen MR) is 88.3 cm³/mol. The van der Waals surface area contributed by atoms with Gasteiger partial charge in [0, 0.05) is 23.4 Å². The van der Waals surface area contributed by atoms with Crippen molar-refractivity contribution < 1.29 is 0 Å². The van der Waals surface area contributed by atoms with Crippen molar-refractivity contribution in [2.45, 2.75) is 13.5 Å². The van der Waals surface area contributed by atoms with Crippen LogP contribution in [0.5, 0.6) is 0 Å². The molecule has 1 aromatic heterocycles. The Balaban J connectivity index is 1.80. The summed E-state index contributed by atoms with van der Waals surface area (Å²) in [4.78, 5) is 12.4. The van der Waals surface area contributed by atoms with E-state index in [0.717, 1.165) is 29.7 Å². The van der Waals surface area contributed by atoms with Gasteiger partial charge in [0.1, 0.15) is 0 Å². The highest BCUT2D eigenvalue weighted by Crippen LogP contribution is 2.27. The van der Waals surface area contributed by atoms with Gasteiger partial charge in [-0.05, 0) is 18.6 Å². The molecule has 1 saturated heterocycles. The van der Waals surface area contributed by atoms with Crippen molar-refractivity contribution in [2.24, 2.45) is 4.99 Å². The van der Waals surface area contributed by atoms with Crippen LogP contribution in [0.15, 0.2) is 35.5 Å². The Morgan fingerprint density at radius 3 is 3.00 bits per heavy atom. The molecule has 3 nitrogen and oxygen atoms in total. The van der Waals surface area contributed by atoms with E-state index in [0.29, 0.717) is 4.47 Å². The van der Waals surface area contributed by atoms with Gasteiger partial charge in [0.15, 0.2) is 9.63 Å². The van der Waals surface area contributed by atoms with Crippen LogP contribution >= 0.6 is 34.7 Å². The van der Waals surface area contributed by atoms with Crippen molar-refractivity contribution in [1.82, 2.24) is 9.88 Å². The normalized spacial score (nSPS) is 17.1. The number of thioether (sulfide) groups is 1. The van der Waals surface area contributed by atoms with Crippen LogP contribution in [0.1, 0.15) is 10.4 Å². The molecule has 0 unspecified atom stereocenters. The lowest BCUT2D eigenvalue weighted by atomic mass is 10.2. The summed E-state index contributed by atoms with van der Waals surface area (Å²) in [6.45, 7) is 3.94. The van der Waals surface area contributed by atoms with Crippen LogP contribution in [-0.2, 0) is 6.54 Å². The maximum Gasteiger partial charge on any atom is 0.183 e. The summed E-state index contributed by atoms with van der Waals surface area (Å²) in [6.07, 6.45) is 1.85. The first kappa shape index (κ1) is 13.9. The van der Waals surface area contributed by atoms with Crippen LogP contribution in [0, 0.1) is 6.92 Å². The molecule has 0 saturated carbocycles. The molecule has 6 heteroatoms. The zero-order chi connectivity index (χ0) is 13.9. The van der Waals surface area contributed by atoms with Gasteiger partial charge >= 0.3 is 0 Å². The maximum absolute atomic E-state index is 5.89. The molecular formula is C14H14ClN3S2. The zero-order valence-electron chi connectivity index (χ0n) is 11.0. The lowest BCUT2D eigenvalue weighted by molar-refractivity contribution is 0.461. The fourth-order valence-corrected chi connectivity index (χ4v) is 4.01. The third-order valence-corrected chi connectivity index (χ3v) is 5.16. The van der Waals surface area contributed by atoms with Crippen molar-refractivity contribution in [3.63, 3.8) is 0 Å². The molecule has 0 radical (unpaired) electrons. The topological polar surface area (TPSA) is 28.5 Å². The number of benzene rings is 1. The smallest absolute Gasteiger partial charge is 0.183 e. The third-order valence-electron chi connectivity index (χ3n) is 3.07. The van der Waals surface area contributed by atoms with Crippen LogP contribution in [0.4, 0.5) is 5.69 Å². The highest BCUT2D eigenvalue weighted by atomic mass is 35.5. The predicted octanol–water partition coefficient (Wildman–Crippen LogP) is 4.34. The molecule has 104 valence electrons. The number of aliphatic imine (C=N–C) groups is 1. The highest BCUT2D eigenvalue weighted by Gasteiger charge is 2.20. The van der Waals surface area contributed by atoms with Gasteiger partial charge < -0.3 is 4.90 Å². The quantitative estimate of drug-likeness (QED) is 0.841. The van der Waals surface area contributed by atoms with Crippen molar-refractivity contribution >= 4 is 45.6 Å². The molecule has 0 atom stereocenters. The third kappa shape index (κ3) is 3.16. The monoisotopic (exact) mass is 323 g/mol. The molecule has 0 bridgehead atoms. The molecule has 1 fully saturated rings. The van der Waals surface area contributed by atoms with E-state index in [1.807, 2.05) is 30.1 Å². The van der Waals surface area contributed by atoms with Gasteiger partial charge in [0.25, 0.3) is 0 Å². The number of aryl methyl sites for hydroxylation is 1. The highest BCUT2D eigenvalue weighted by molar-refractivity contribution is 8.14. The van der Waals surface area contributed by atoms with Crippen molar-refractivity contribution in [1.29, 1.82) is 0 Å². The first-order valence-corrected chi connectivity index (χ1v) is 8.52. The van der Waals surface area contributed by atoms with Crippen LogP contribution < -0.4 is 0 Å². The van der Waals surface area contributed by atoms with Gasteiger partial charge in [-0.1, -0.05) is 41.6 Å². The number of aromatic nitrogens is 1. The van der Waals surface area contributed by atoms with Gasteiger partial charge in [-0.2, -0.15) is 0 Å². The molecule has 2 aromatic rings. The Morgan fingerprint density at radius 1 is 1.40 bits per heavy atom. The van der Waals surface area contributed by atoms with Gasteiger partial charge in [-0.3, -0.25) is 0 Å². The van der Waals surface area contributed by atoms with E-state index in [-0.39, 0.29) is 0 Å². The number of rotatable bonds is 3. The zero-order valence-corrected chi connectivity index (χ0v) is 13.4. The minimum absolute atomic E-state index is 0.601. The van der Waals surface area contributed by atoms with Crippen LogP contribution in [0.25, 0.3) is 0 Å². The Hall–Kier alpha value is -1.04. The van der Waals surface area contributed by atoms with E-state index >= 15 is 0 Å². The summed E-state index contributed by atoms with van der Waals surface area (Å²) in [5.41, 5.74) is 2.25. The number of nitrogens with zero attached hydrogens (tertiary/aromatic N) is 3. The van der Waals surface area contributed by atoms with Crippen LogP contribution in [0.3, 0.4) is 0 Å². The molecule has 1 aromatic carbocycles. The second-order valence-corrected chi connectivity index (χ2v) is 7.29. The summed E-state index contributed by atoms with van der Waals surface area (Å²) < 4.78 is 0.601. The minimum Gasteiger partial charge on any atom is -0.345 e. The molecule has 0 N–H and O–H groups in total. The van der Waals surface area contributed by atoms with Gasteiger partial charge in [-0.25, -0.2) is 9.98 Å². The van der Waals surface area contributed by atoms with Crippen LogP contribution in [-0.4, -0.2) is 27.3 Å². The summed E-state index contributed by atoms with van der Waals surface area (Å²) in [6, 6.07) is 8.21. The fraction of sp³-hybridized carbons (Fsp3) is 0.286. The van der Waals surface area contributed by atoms with Gasteiger partial charge in [0.05, 0.1) is 12.2 Å². The maximum atomic E-state index is 5.89. The fourth-order valence-electron chi connectivity index (χ4n) is 2.02. The van der Waals surface area contributed by atoms with Crippen LogP contribution in [0.2, 0.25) is 4.47 Å². The molecule has 1 aliphatic heterocycles. The van der Waals surface area contributed by atoms with Gasteiger partial charge in [0.2, 0.25) is 0 Å². The van der Waals surface area contributed by atoms with E-state index in [4.69, 9.17) is 16.6 Å². The standard InChI is InChI=1S/C14H14ClN3S2/c1-10-4-2-3-5-12(10)17-14-18(6-7-19-14)9-11-8-16-13(15)20-11/h2-5,8H,6-7,9H2,1H3. The van der Waals surface area contributed by atoms with Gasteiger partial charge in [-0.15, -0.1) is 11.3 Å². The first-order valence-electron chi connectivity index (χ1n) is 6.34. The second-order valence-electron chi connectivity index (χ2n) is 4.53. The van der Waals surface area contributed by atoms with Crippen molar-refractivity contribution in [2.75, 3.05) is 12.3 Å². The summed E-state index contributed by atoms with van der Waals surface area (Å²) in [7, 11) is 0. The summed E-state index contributed by atoms with van der Waals surface area (Å²) in [5, 5.41) is 1.09. The lowest BCUT2D eigenvalue weighted by Crippen LogP contribution is -2.23. The number of halogens is 1. The number of thiazole rings is 1. The van der Waals surface area contributed by atoms with E-state index < -0.39 is 0 Å².